The smallest absolute Gasteiger partial charge is 0.129 e. The first-order valence-electron chi connectivity index (χ1n) is 6.40. The van der Waals surface area contributed by atoms with Crippen LogP contribution in [-0.4, -0.2) is 9.55 Å². The summed E-state index contributed by atoms with van der Waals surface area (Å²) < 4.78 is 2.04. The van der Waals surface area contributed by atoms with Crippen LogP contribution in [0.2, 0.25) is 5.02 Å². The summed E-state index contributed by atoms with van der Waals surface area (Å²) in [6.45, 7) is 4.09. The van der Waals surface area contributed by atoms with Crippen molar-refractivity contribution in [2.45, 2.75) is 19.7 Å². The average molecular weight is 305 g/mol. The first kappa shape index (κ1) is 13.5. The van der Waals surface area contributed by atoms with Crippen molar-refractivity contribution in [3.8, 4) is 5.69 Å². The van der Waals surface area contributed by atoms with Crippen molar-refractivity contribution in [2.75, 3.05) is 0 Å². The third kappa shape index (κ3) is 2.19. The van der Waals surface area contributed by atoms with Gasteiger partial charge in [-0.2, -0.15) is 0 Å². The molecule has 102 valence electrons. The van der Waals surface area contributed by atoms with E-state index in [1.54, 1.807) is 0 Å². The fourth-order valence-corrected chi connectivity index (χ4v) is 2.89. The summed E-state index contributed by atoms with van der Waals surface area (Å²) in [7, 11) is 0. The Morgan fingerprint density at radius 2 is 1.75 bits per heavy atom. The molecule has 0 aliphatic carbocycles. The highest BCUT2D eigenvalue weighted by Gasteiger charge is 2.14. The molecule has 0 N–H and O–H groups in total. The van der Waals surface area contributed by atoms with Gasteiger partial charge in [-0.3, -0.25) is 4.57 Å². The van der Waals surface area contributed by atoms with E-state index in [2.05, 4.69) is 24.0 Å². The number of alkyl halides is 1. The minimum absolute atomic E-state index is 0.345. The van der Waals surface area contributed by atoms with Crippen LogP contribution in [0.4, 0.5) is 0 Å². The molecule has 0 radical (unpaired) electrons. The number of halogens is 2. The number of fused-ring (bicyclic) bond motifs is 1. The lowest BCUT2D eigenvalue weighted by Crippen LogP contribution is -2.00. The first-order valence-corrected chi connectivity index (χ1v) is 7.32. The fraction of sp³-hybridized carbons (Fsp3) is 0.188. The van der Waals surface area contributed by atoms with Gasteiger partial charge in [-0.25, -0.2) is 4.98 Å². The Bertz CT molecular complexity index is 791. The zero-order chi connectivity index (χ0) is 14.3. The molecule has 2 nitrogen and oxygen atoms in total. The average Bonchev–Trinajstić information content (AvgIpc) is 2.76. The molecule has 0 fully saturated rings. The van der Waals surface area contributed by atoms with Crippen molar-refractivity contribution in [1.29, 1.82) is 0 Å². The van der Waals surface area contributed by atoms with Crippen LogP contribution in [0.25, 0.3) is 16.7 Å². The molecule has 4 heteroatoms. The van der Waals surface area contributed by atoms with Crippen LogP contribution in [0.3, 0.4) is 0 Å². The highest BCUT2D eigenvalue weighted by Crippen LogP contribution is 2.28. The minimum atomic E-state index is 0.345. The van der Waals surface area contributed by atoms with E-state index in [1.165, 1.54) is 5.56 Å². The van der Waals surface area contributed by atoms with Crippen LogP contribution in [-0.2, 0) is 5.88 Å². The number of imidazole rings is 1. The minimum Gasteiger partial charge on any atom is -0.294 e. The maximum Gasteiger partial charge on any atom is 0.129 e. The highest BCUT2D eigenvalue weighted by molar-refractivity contribution is 6.32. The second-order valence-corrected chi connectivity index (χ2v) is 5.62. The maximum absolute atomic E-state index is 6.40. The number of hydrogen-bond donors (Lipinski definition) is 0. The molecule has 0 bridgehead atoms. The van der Waals surface area contributed by atoms with Gasteiger partial charge in [0.15, 0.2) is 0 Å². The van der Waals surface area contributed by atoms with Crippen molar-refractivity contribution >= 4 is 34.2 Å². The van der Waals surface area contributed by atoms with Gasteiger partial charge in [0, 0.05) is 0 Å². The highest BCUT2D eigenvalue weighted by atomic mass is 35.5. The molecule has 0 saturated heterocycles. The lowest BCUT2D eigenvalue weighted by Gasteiger charge is -2.10. The Hall–Kier alpha value is -1.51. The molecule has 20 heavy (non-hydrogen) atoms. The summed E-state index contributed by atoms with van der Waals surface area (Å²) >= 11 is 12.4. The standard InChI is InChI=1S/C16H14Cl2N2/c1-10-4-6-14(12(18)7-10)20-15-8-11(2)3-5-13(15)19-16(20)9-17/h3-8H,9H2,1-2H3. The summed E-state index contributed by atoms with van der Waals surface area (Å²) in [5.41, 5.74) is 5.20. The van der Waals surface area contributed by atoms with Gasteiger partial charge >= 0.3 is 0 Å². The molecular weight excluding hydrogens is 291 g/mol. The Kier molecular flexibility index (Phi) is 3.45. The fourth-order valence-electron chi connectivity index (χ4n) is 2.39. The molecule has 3 rings (SSSR count). The summed E-state index contributed by atoms with van der Waals surface area (Å²) in [4.78, 5) is 4.58. The molecule has 0 aliphatic heterocycles. The molecular formula is C16H14Cl2N2. The molecule has 0 amide bonds. The van der Waals surface area contributed by atoms with E-state index in [0.717, 1.165) is 28.1 Å². The molecule has 0 unspecified atom stereocenters. The summed E-state index contributed by atoms with van der Waals surface area (Å²) in [6, 6.07) is 12.2. The van der Waals surface area contributed by atoms with Gasteiger partial charge in [-0.15, -0.1) is 11.6 Å². The van der Waals surface area contributed by atoms with E-state index in [9.17, 15) is 0 Å². The molecule has 1 heterocycles. The monoisotopic (exact) mass is 304 g/mol. The molecule has 0 atom stereocenters. The van der Waals surface area contributed by atoms with E-state index in [1.807, 2.05) is 35.8 Å². The molecule has 1 aromatic heterocycles. The van der Waals surface area contributed by atoms with Crippen LogP contribution in [0.1, 0.15) is 17.0 Å². The zero-order valence-electron chi connectivity index (χ0n) is 11.3. The Balaban J connectivity index is 2.36. The van der Waals surface area contributed by atoms with Crippen molar-refractivity contribution in [2.24, 2.45) is 0 Å². The predicted molar refractivity (Wildman–Crippen MR) is 85.1 cm³/mol. The van der Waals surface area contributed by atoms with Crippen molar-refractivity contribution in [3.63, 3.8) is 0 Å². The van der Waals surface area contributed by atoms with Crippen molar-refractivity contribution in [3.05, 3.63) is 58.4 Å². The molecule has 0 aliphatic rings. The Labute approximate surface area is 128 Å². The SMILES string of the molecule is Cc1ccc(-n2c(CCl)nc3ccc(C)cc32)c(Cl)c1. The van der Waals surface area contributed by atoms with Crippen LogP contribution in [0.15, 0.2) is 36.4 Å². The number of aromatic nitrogens is 2. The molecule has 0 spiro atoms. The summed E-state index contributed by atoms with van der Waals surface area (Å²) in [6.07, 6.45) is 0. The second-order valence-electron chi connectivity index (χ2n) is 4.94. The van der Waals surface area contributed by atoms with Gasteiger partial charge in [0.1, 0.15) is 5.82 Å². The maximum atomic E-state index is 6.40. The number of benzene rings is 2. The van der Waals surface area contributed by atoms with Gasteiger partial charge in [-0.05, 0) is 49.2 Å². The van der Waals surface area contributed by atoms with Crippen LogP contribution in [0.5, 0.6) is 0 Å². The van der Waals surface area contributed by atoms with E-state index < -0.39 is 0 Å². The molecule has 0 saturated carbocycles. The molecule has 2 aromatic carbocycles. The predicted octanol–water partition coefficient (Wildman–Crippen LogP) is 5.03. The summed E-state index contributed by atoms with van der Waals surface area (Å²) in [5, 5.41) is 0.706. The zero-order valence-corrected chi connectivity index (χ0v) is 12.8. The number of hydrogen-bond acceptors (Lipinski definition) is 1. The van der Waals surface area contributed by atoms with Gasteiger partial charge in [-0.1, -0.05) is 23.7 Å². The van der Waals surface area contributed by atoms with E-state index >= 15 is 0 Å². The normalized spacial score (nSPS) is 11.2. The summed E-state index contributed by atoms with van der Waals surface area (Å²) in [5.74, 6) is 1.15. The van der Waals surface area contributed by atoms with Crippen molar-refractivity contribution < 1.29 is 0 Å². The molecule has 3 aromatic rings. The first-order chi connectivity index (χ1) is 9.60. The second kappa shape index (κ2) is 5.12. The Morgan fingerprint density at radius 3 is 2.45 bits per heavy atom. The Morgan fingerprint density at radius 1 is 1.05 bits per heavy atom. The third-order valence-corrected chi connectivity index (χ3v) is 3.88. The van der Waals surface area contributed by atoms with Crippen molar-refractivity contribution in [1.82, 2.24) is 9.55 Å². The van der Waals surface area contributed by atoms with Gasteiger partial charge in [0.2, 0.25) is 0 Å². The largest absolute Gasteiger partial charge is 0.294 e. The number of rotatable bonds is 2. The number of nitrogens with zero attached hydrogens (tertiary/aromatic N) is 2. The van der Waals surface area contributed by atoms with E-state index in [0.29, 0.717) is 10.9 Å². The van der Waals surface area contributed by atoms with Gasteiger partial charge in [0.05, 0.1) is 27.6 Å². The van der Waals surface area contributed by atoms with E-state index in [-0.39, 0.29) is 0 Å². The topological polar surface area (TPSA) is 17.8 Å². The number of aryl methyl sites for hydroxylation is 2. The third-order valence-electron chi connectivity index (χ3n) is 3.34. The lowest BCUT2D eigenvalue weighted by molar-refractivity contribution is 0.981. The quantitative estimate of drug-likeness (QED) is 0.607. The van der Waals surface area contributed by atoms with Crippen LogP contribution in [0, 0.1) is 13.8 Å². The van der Waals surface area contributed by atoms with Crippen LogP contribution >= 0.6 is 23.2 Å². The lowest BCUT2D eigenvalue weighted by atomic mass is 10.2. The van der Waals surface area contributed by atoms with Gasteiger partial charge in [0.25, 0.3) is 0 Å². The van der Waals surface area contributed by atoms with Gasteiger partial charge < -0.3 is 0 Å². The van der Waals surface area contributed by atoms with E-state index in [4.69, 9.17) is 23.2 Å². The van der Waals surface area contributed by atoms with Crippen LogP contribution < -0.4 is 0 Å².